The highest BCUT2D eigenvalue weighted by atomic mass is 32.2. The molecule has 0 fully saturated rings. The lowest BCUT2D eigenvalue weighted by Crippen LogP contribution is -2.04. The summed E-state index contributed by atoms with van der Waals surface area (Å²) in [4.78, 5) is 12.5. The molecule has 0 spiro atoms. The molecule has 3 aromatic rings. The Morgan fingerprint density at radius 2 is 1.12 bits per heavy atom. The molecule has 0 bridgehead atoms. The zero-order valence-electron chi connectivity index (χ0n) is 12.6. The van der Waals surface area contributed by atoms with Crippen molar-refractivity contribution in [2.75, 3.05) is 0 Å². The van der Waals surface area contributed by atoms with Crippen LogP contribution in [0.2, 0.25) is 0 Å². The maximum atomic E-state index is 12.5. The van der Waals surface area contributed by atoms with Gasteiger partial charge in [0.05, 0.1) is 9.79 Å². The van der Waals surface area contributed by atoms with E-state index in [1.807, 2.05) is 6.07 Å². The molecule has 1 N–H and O–H groups in total. The summed E-state index contributed by atoms with van der Waals surface area (Å²) in [6.07, 6.45) is 0. The number of sulfone groups is 1. The lowest BCUT2D eigenvalue weighted by molar-refractivity contribution is 0.103. The molecule has 0 aliphatic carbocycles. The molecule has 24 heavy (non-hydrogen) atoms. The molecule has 0 saturated carbocycles. The van der Waals surface area contributed by atoms with Gasteiger partial charge in [0.15, 0.2) is 5.78 Å². The van der Waals surface area contributed by atoms with E-state index in [2.05, 4.69) is 0 Å². The molecule has 0 heterocycles. The van der Waals surface area contributed by atoms with Crippen LogP contribution in [0.25, 0.3) is 0 Å². The Bertz CT molecular complexity index is 958. The van der Waals surface area contributed by atoms with E-state index in [0.717, 1.165) is 0 Å². The Morgan fingerprint density at radius 1 is 0.667 bits per heavy atom. The molecule has 0 saturated heterocycles. The number of carbonyl (C=O) groups excluding carboxylic acids is 1. The predicted molar refractivity (Wildman–Crippen MR) is 89.9 cm³/mol. The molecule has 0 aromatic heterocycles. The Balaban J connectivity index is 1.92. The fourth-order valence-corrected chi connectivity index (χ4v) is 3.56. The number of aromatic hydroxyl groups is 1. The van der Waals surface area contributed by atoms with Crippen molar-refractivity contribution in [2.45, 2.75) is 9.79 Å². The van der Waals surface area contributed by atoms with Crippen molar-refractivity contribution in [2.24, 2.45) is 0 Å². The highest BCUT2D eigenvalue weighted by molar-refractivity contribution is 7.91. The van der Waals surface area contributed by atoms with Crippen LogP contribution in [0.5, 0.6) is 5.75 Å². The van der Waals surface area contributed by atoms with Gasteiger partial charge in [-0.1, -0.05) is 30.3 Å². The Hall–Kier alpha value is -2.92. The van der Waals surface area contributed by atoms with Crippen molar-refractivity contribution in [3.05, 3.63) is 90.0 Å². The first-order valence-electron chi connectivity index (χ1n) is 7.22. The number of hydrogen-bond donors (Lipinski definition) is 1. The predicted octanol–water partition coefficient (Wildman–Crippen LogP) is 3.46. The largest absolute Gasteiger partial charge is 0.508 e. The maximum absolute atomic E-state index is 12.5. The molecule has 0 atom stereocenters. The van der Waals surface area contributed by atoms with E-state index in [-0.39, 0.29) is 21.3 Å². The third kappa shape index (κ3) is 3.07. The average Bonchev–Trinajstić information content (AvgIpc) is 2.62. The van der Waals surface area contributed by atoms with Crippen molar-refractivity contribution in [3.8, 4) is 5.75 Å². The summed E-state index contributed by atoms with van der Waals surface area (Å²) in [5.74, 6) is -0.165. The quantitative estimate of drug-likeness (QED) is 0.740. The van der Waals surface area contributed by atoms with E-state index in [1.165, 1.54) is 48.5 Å². The topological polar surface area (TPSA) is 71.4 Å². The van der Waals surface area contributed by atoms with E-state index in [1.54, 1.807) is 24.3 Å². The first-order chi connectivity index (χ1) is 11.5. The van der Waals surface area contributed by atoms with Gasteiger partial charge in [0.2, 0.25) is 9.84 Å². The third-order valence-electron chi connectivity index (χ3n) is 3.61. The van der Waals surface area contributed by atoms with Gasteiger partial charge in [0.1, 0.15) is 5.75 Å². The number of hydrogen-bond acceptors (Lipinski definition) is 4. The summed E-state index contributed by atoms with van der Waals surface area (Å²) in [6.45, 7) is 0. The third-order valence-corrected chi connectivity index (χ3v) is 5.40. The SMILES string of the molecule is O=C(c1ccccc1)c1ccc(S(=O)(=O)c2ccc(O)cc2)cc1. The van der Waals surface area contributed by atoms with Gasteiger partial charge in [0, 0.05) is 11.1 Å². The van der Waals surface area contributed by atoms with Crippen LogP contribution in [0.15, 0.2) is 88.7 Å². The minimum atomic E-state index is -3.69. The standard InChI is InChI=1S/C19H14O4S/c20-16-8-12-18(13-9-16)24(22,23)17-10-6-15(7-11-17)19(21)14-4-2-1-3-5-14/h1-13,20H. The second kappa shape index (κ2) is 6.29. The zero-order valence-corrected chi connectivity index (χ0v) is 13.4. The number of carbonyl (C=O) groups is 1. The van der Waals surface area contributed by atoms with E-state index in [4.69, 9.17) is 0 Å². The monoisotopic (exact) mass is 338 g/mol. The Labute approximate surface area is 139 Å². The summed E-state index contributed by atoms with van der Waals surface area (Å²) >= 11 is 0. The molecule has 5 heteroatoms. The van der Waals surface area contributed by atoms with Crippen molar-refractivity contribution in [3.63, 3.8) is 0 Å². The number of rotatable bonds is 4. The van der Waals surface area contributed by atoms with Crippen molar-refractivity contribution >= 4 is 15.6 Å². The molecule has 3 rings (SSSR count). The van der Waals surface area contributed by atoms with E-state index in [0.29, 0.717) is 11.1 Å². The highest BCUT2D eigenvalue weighted by Crippen LogP contribution is 2.23. The van der Waals surface area contributed by atoms with Gasteiger partial charge in [-0.3, -0.25) is 4.79 Å². The van der Waals surface area contributed by atoms with Gasteiger partial charge in [-0.15, -0.1) is 0 Å². The van der Waals surface area contributed by atoms with Crippen LogP contribution in [-0.2, 0) is 9.84 Å². The average molecular weight is 338 g/mol. The Kier molecular flexibility index (Phi) is 4.18. The fraction of sp³-hybridized carbons (Fsp3) is 0. The summed E-state index contributed by atoms with van der Waals surface area (Å²) in [5.41, 5.74) is 0.970. The fourth-order valence-electron chi connectivity index (χ4n) is 2.30. The van der Waals surface area contributed by atoms with Crippen molar-refractivity contribution in [1.29, 1.82) is 0 Å². The van der Waals surface area contributed by atoms with E-state index < -0.39 is 9.84 Å². The number of phenols is 1. The number of phenolic OH excluding ortho intramolecular Hbond substituents is 1. The minimum absolute atomic E-state index is 0.00208. The first kappa shape index (κ1) is 16.0. The van der Waals surface area contributed by atoms with Gasteiger partial charge in [-0.2, -0.15) is 0 Å². The zero-order chi connectivity index (χ0) is 17.2. The van der Waals surface area contributed by atoms with Crippen LogP contribution in [0.1, 0.15) is 15.9 Å². The van der Waals surface area contributed by atoms with Crippen LogP contribution in [0.3, 0.4) is 0 Å². The number of benzene rings is 3. The smallest absolute Gasteiger partial charge is 0.206 e. The van der Waals surface area contributed by atoms with E-state index in [9.17, 15) is 18.3 Å². The molecule has 3 aromatic carbocycles. The summed E-state index contributed by atoms with van der Waals surface area (Å²) in [7, 11) is -3.69. The molecule has 0 unspecified atom stereocenters. The van der Waals surface area contributed by atoms with Gasteiger partial charge in [0.25, 0.3) is 0 Å². The van der Waals surface area contributed by atoms with Crippen LogP contribution in [-0.4, -0.2) is 19.3 Å². The first-order valence-corrected chi connectivity index (χ1v) is 8.71. The van der Waals surface area contributed by atoms with Crippen LogP contribution in [0.4, 0.5) is 0 Å². The molecule has 0 amide bonds. The minimum Gasteiger partial charge on any atom is -0.508 e. The summed E-state index contributed by atoms with van der Waals surface area (Å²) in [5, 5.41) is 9.27. The van der Waals surface area contributed by atoms with Crippen LogP contribution < -0.4 is 0 Å². The summed E-state index contributed by atoms with van der Waals surface area (Å²) in [6, 6.07) is 20.0. The van der Waals surface area contributed by atoms with Gasteiger partial charge in [-0.05, 0) is 48.5 Å². The molecule has 0 aliphatic rings. The summed E-state index contributed by atoms with van der Waals surface area (Å²) < 4.78 is 25.1. The maximum Gasteiger partial charge on any atom is 0.206 e. The van der Waals surface area contributed by atoms with Crippen molar-refractivity contribution in [1.82, 2.24) is 0 Å². The lowest BCUT2D eigenvalue weighted by Gasteiger charge is -2.06. The van der Waals surface area contributed by atoms with Gasteiger partial charge in [-0.25, -0.2) is 8.42 Å². The van der Waals surface area contributed by atoms with Gasteiger partial charge < -0.3 is 5.11 Å². The van der Waals surface area contributed by atoms with Crippen LogP contribution in [0, 0.1) is 0 Å². The molecule has 120 valence electrons. The second-order valence-electron chi connectivity index (χ2n) is 5.22. The molecular weight excluding hydrogens is 324 g/mol. The molecular formula is C19H14O4S. The normalized spacial score (nSPS) is 11.2. The lowest BCUT2D eigenvalue weighted by atomic mass is 10.0. The van der Waals surface area contributed by atoms with E-state index >= 15 is 0 Å². The molecule has 0 radical (unpaired) electrons. The highest BCUT2D eigenvalue weighted by Gasteiger charge is 2.18. The van der Waals surface area contributed by atoms with Crippen molar-refractivity contribution < 1.29 is 18.3 Å². The molecule has 0 aliphatic heterocycles. The molecule has 4 nitrogen and oxygen atoms in total. The Morgan fingerprint density at radius 3 is 1.67 bits per heavy atom. The number of ketones is 1. The van der Waals surface area contributed by atoms with Gasteiger partial charge >= 0.3 is 0 Å². The van der Waals surface area contributed by atoms with Crippen LogP contribution >= 0.6 is 0 Å². The second-order valence-corrected chi connectivity index (χ2v) is 7.17.